The monoisotopic (exact) mass is 380 g/mol. The van der Waals surface area contributed by atoms with E-state index in [0.29, 0.717) is 11.3 Å². The second-order valence-electron chi connectivity index (χ2n) is 6.09. The van der Waals surface area contributed by atoms with E-state index in [4.69, 9.17) is 5.73 Å². The Morgan fingerprint density at radius 1 is 1.11 bits per heavy atom. The molecule has 0 aliphatic rings. The average Bonchev–Trinajstić information content (AvgIpc) is 2.99. The van der Waals surface area contributed by atoms with Crippen LogP contribution >= 0.6 is 11.8 Å². The molecule has 6 nitrogen and oxygen atoms in total. The van der Waals surface area contributed by atoms with Gasteiger partial charge in [0.15, 0.2) is 0 Å². The molecular formula is C20H20N4O2S. The molecule has 3 N–H and O–H groups in total. The highest BCUT2D eigenvalue weighted by molar-refractivity contribution is 8.00. The van der Waals surface area contributed by atoms with Gasteiger partial charge in [0.05, 0.1) is 22.8 Å². The van der Waals surface area contributed by atoms with Crippen molar-refractivity contribution in [2.45, 2.75) is 18.7 Å². The van der Waals surface area contributed by atoms with Crippen LogP contribution in [0.1, 0.15) is 21.7 Å². The molecule has 2 amide bonds. The highest BCUT2D eigenvalue weighted by Gasteiger charge is 2.11. The van der Waals surface area contributed by atoms with Crippen molar-refractivity contribution in [3.8, 4) is 5.69 Å². The molecule has 0 saturated heterocycles. The number of nitrogens with two attached hydrogens (primary N) is 1. The van der Waals surface area contributed by atoms with Crippen molar-refractivity contribution in [1.82, 2.24) is 9.78 Å². The van der Waals surface area contributed by atoms with Gasteiger partial charge in [0, 0.05) is 16.2 Å². The number of rotatable bonds is 6. The Bertz CT molecular complexity index is 980. The van der Waals surface area contributed by atoms with Gasteiger partial charge in [-0.1, -0.05) is 12.1 Å². The van der Waals surface area contributed by atoms with Crippen molar-refractivity contribution in [2.75, 3.05) is 11.1 Å². The highest BCUT2D eigenvalue weighted by atomic mass is 32.2. The summed E-state index contributed by atoms with van der Waals surface area (Å²) in [5.74, 6) is -0.465. The second-order valence-corrected chi connectivity index (χ2v) is 7.11. The molecule has 0 radical (unpaired) electrons. The van der Waals surface area contributed by atoms with E-state index in [0.717, 1.165) is 22.0 Å². The van der Waals surface area contributed by atoms with Gasteiger partial charge in [0.1, 0.15) is 0 Å². The molecule has 1 heterocycles. The Hall–Kier alpha value is -3.06. The Morgan fingerprint density at radius 3 is 2.44 bits per heavy atom. The number of para-hydroxylation sites is 1. The summed E-state index contributed by atoms with van der Waals surface area (Å²) in [6, 6.07) is 16.6. The topological polar surface area (TPSA) is 90.0 Å². The molecule has 0 atom stereocenters. The first-order chi connectivity index (χ1) is 12.9. The third-order valence-electron chi connectivity index (χ3n) is 3.89. The predicted octanol–water partition coefficient (Wildman–Crippen LogP) is 3.32. The van der Waals surface area contributed by atoms with Crippen molar-refractivity contribution in [3.63, 3.8) is 0 Å². The number of nitrogens with zero attached hydrogens (tertiary/aromatic N) is 2. The quantitative estimate of drug-likeness (QED) is 0.642. The maximum atomic E-state index is 12.6. The molecule has 3 rings (SSSR count). The van der Waals surface area contributed by atoms with Crippen LogP contribution in [-0.4, -0.2) is 27.3 Å². The van der Waals surface area contributed by atoms with Gasteiger partial charge < -0.3 is 11.1 Å². The molecular weight excluding hydrogens is 360 g/mol. The number of hydrogen-bond acceptors (Lipinski definition) is 4. The van der Waals surface area contributed by atoms with Crippen LogP contribution in [0.2, 0.25) is 0 Å². The van der Waals surface area contributed by atoms with Gasteiger partial charge in [-0.25, -0.2) is 4.68 Å². The zero-order chi connectivity index (χ0) is 19.4. The van der Waals surface area contributed by atoms with Gasteiger partial charge >= 0.3 is 0 Å². The van der Waals surface area contributed by atoms with Crippen molar-refractivity contribution in [3.05, 3.63) is 71.5 Å². The lowest BCUT2D eigenvalue weighted by Gasteiger charge is -2.11. The largest absolute Gasteiger partial charge is 0.369 e. The summed E-state index contributed by atoms with van der Waals surface area (Å²) in [6.07, 6.45) is 0. The molecule has 0 aliphatic heterocycles. The van der Waals surface area contributed by atoms with Gasteiger partial charge in [0.2, 0.25) is 5.91 Å². The lowest BCUT2D eigenvalue weighted by molar-refractivity contribution is -0.115. The minimum Gasteiger partial charge on any atom is -0.369 e. The van der Waals surface area contributed by atoms with Crippen LogP contribution in [-0.2, 0) is 4.79 Å². The lowest BCUT2D eigenvalue weighted by atomic mass is 10.2. The Labute approximate surface area is 161 Å². The van der Waals surface area contributed by atoms with Crippen LogP contribution in [0, 0.1) is 13.8 Å². The number of carbonyl (C=O) groups is 2. The van der Waals surface area contributed by atoms with Crippen LogP contribution < -0.4 is 11.1 Å². The number of anilines is 1. The highest BCUT2D eigenvalue weighted by Crippen LogP contribution is 2.27. The Balaban J connectivity index is 1.75. The SMILES string of the molecule is Cc1cc(C)n(-c2ccc(C(=O)Nc3ccccc3SCC(N)=O)cc2)n1. The molecule has 7 heteroatoms. The van der Waals surface area contributed by atoms with Gasteiger partial charge in [-0.2, -0.15) is 5.10 Å². The molecule has 0 fully saturated rings. The minimum atomic E-state index is -0.402. The zero-order valence-corrected chi connectivity index (χ0v) is 15.9. The summed E-state index contributed by atoms with van der Waals surface area (Å²) in [5, 5.41) is 7.34. The van der Waals surface area contributed by atoms with Crippen molar-refractivity contribution < 1.29 is 9.59 Å². The number of carbonyl (C=O) groups excluding carboxylic acids is 2. The molecule has 0 saturated carbocycles. The normalized spacial score (nSPS) is 10.6. The molecule has 1 aromatic heterocycles. The summed E-state index contributed by atoms with van der Waals surface area (Å²) in [6.45, 7) is 3.93. The first-order valence-corrected chi connectivity index (χ1v) is 9.38. The maximum Gasteiger partial charge on any atom is 0.255 e. The van der Waals surface area contributed by atoms with E-state index in [-0.39, 0.29) is 11.7 Å². The summed E-state index contributed by atoms with van der Waals surface area (Å²) in [4.78, 5) is 24.4. The number of thioether (sulfide) groups is 1. The number of amides is 2. The smallest absolute Gasteiger partial charge is 0.255 e. The molecule has 0 unspecified atom stereocenters. The molecule has 2 aromatic carbocycles. The maximum absolute atomic E-state index is 12.6. The van der Waals surface area contributed by atoms with Gasteiger partial charge in [-0.05, 0) is 56.3 Å². The van der Waals surface area contributed by atoms with E-state index in [9.17, 15) is 9.59 Å². The molecule has 0 bridgehead atoms. The number of nitrogens with one attached hydrogen (secondary N) is 1. The van der Waals surface area contributed by atoms with Crippen LogP contribution in [0.4, 0.5) is 5.69 Å². The van der Waals surface area contributed by atoms with E-state index in [1.54, 1.807) is 18.2 Å². The fraction of sp³-hybridized carbons (Fsp3) is 0.150. The molecule has 3 aromatic rings. The number of aryl methyl sites for hydroxylation is 2. The fourth-order valence-electron chi connectivity index (χ4n) is 2.68. The summed E-state index contributed by atoms with van der Waals surface area (Å²) in [5.41, 5.74) is 9.26. The average molecular weight is 380 g/mol. The first kappa shape index (κ1) is 18.7. The van der Waals surface area contributed by atoms with Crippen LogP contribution in [0.5, 0.6) is 0 Å². The van der Waals surface area contributed by atoms with Gasteiger partial charge in [-0.3, -0.25) is 9.59 Å². The van der Waals surface area contributed by atoms with Crippen molar-refractivity contribution in [1.29, 1.82) is 0 Å². The molecule has 138 valence electrons. The molecule has 0 aliphatic carbocycles. The Morgan fingerprint density at radius 2 is 1.81 bits per heavy atom. The third kappa shape index (κ3) is 4.57. The van der Waals surface area contributed by atoms with E-state index >= 15 is 0 Å². The van der Waals surface area contributed by atoms with Crippen LogP contribution in [0.25, 0.3) is 5.69 Å². The van der Waals surface area contributed by atoms with Crippen molar-refractivity contribution >= 4 is 29.3 Å². The fourth-order valence-corrected chi connectivity index (χ4v) is 3.43. The number of hydrogen-bond donors (Lipinski definition) is 2. The second kappa shape index (κ2) is 8.09. The summed E-state index contributed by atoms with van der Waals surface area (Å²) in [7, 11) is 0. The summed E-state index contributed by atoms with van der Waals surface area (Å²) >= 11 is 1.30. The lowest BCUT2D eigenvalue weighted by Crippen LogP contribution is -2.14. The van der Waals surface area contributed by atoms with E-state index in [1.807, 2.05) is 54.9 Å². The first-order valence-electron chi connectivity index (χ1n) is 8.39. The van der Waals surface area contributed by atoms with Crippen molar-refractivity contribution in [2.24, 2.45) is 5.73 Å². The number of primary amides is 1. The Kier molecular flexibility index (Phi) is 5.61. The van der Waals surface area contributed by atoms with E-state index < -0.39 is 5.91 Å². The zero-order valence-electron chi connectivity index (χ0n) is 15.1. The minimum absolute atomic E-state index is 0.157. The molecule has 0 spiro atoms. The van der Waals surface area contributed by atoms with E-state index in [1.165, 1.54) is 11.8 Å². The van der Waals surface area contributed by atoms with Crippen LogP contribution in [0.15, 0.2) is 59.5 Å². The summed E-state index contributed by atoms with van der Waals surface area (Å²) < 4.78 is 1.84. The van der Waals surface area contributed by atoms with Crippen LogP contribution in [0.3, 0.4) is 0 Å². The standard InChI is InChI=1S/C20H20N4O2S/c1-13-11-14(2)24(23-13)16-9-7-15(8-10-16)20(26)22-17-5-3-4-6-18(17)27-12-19(21)25/h3-11H,12H2,1-2H3,(H2,21,25)(H,22,26). The third-order valence-corrected chi connectivity index (χ3v) is 4.98. The van der Waals surface area contributed by atoms with E-state index in [2.05, 4.69) is 10.4 Å². The van der Waals surface area contributed by atoms with Gasteiger partial charge in [-0.15, -0.1) is 11.8 Å². The van der Waals surface area contributed by atoms with Gasteiger partial charge in [0.25, 0.3) is 5.91 Å². The molecule has 27 heavy (non-hydrogen) atoms. The number of aromatic nitrogens is 2. The predicted molar refractivity (Wildman–Crippen MR) is 107 cm³/mol. The number of benzene rings is 2.